The van der Waals surface area contributed by atoms with E-state index in [0.717, 1.165) is 34.0 Å². The highest BCUT2D eigenvalue weighted by Gasteiger charge is 2.25. The molecule has 5 aromatic carbocycles. The first-order chi connectivity index (χ1) is 24.8. The third-order valence-corrected chi connectivity index (χ3v) is 12.1. The van der Waals surface area contributed by atoms with Gasteiger partial charge in [-0.2, -0.15) is 0 Å². The number of hydrogen-bond donors (Lipinski definition) is 0. The van der Waals surface area contributed by atoms with Gasteiger partial charge in [0.1, 0.15) is 0 Å². The number of nitrogens with zero attached hydrogens (tertiary/aromatic N) is 4. The average Bonchev–Trinajstić information content (AvgIpc) is 3.20. The first-order valence-electron chi connectivity index (χ1n) is 18.5. The van der Waals surface area contributed by atoms with E-state index in [0.29, 0.717) is 17.7 Å². The number of para-hydroxylation sites is 2. The van der Waals surface area contributed by atoms with Gasteiger partial charge in [-0.15, -0.1) is 0 Å². The van der Waals surface area contributed by atoms with E-state index in [-0.39, 0.29) is 0 Å². The van der Waals surface area contributed by atoms with Crippen LogP contribution < -0.4 is 4.90 Å². The van der Waals surface area contributed by atoms with Crippen LogP contribution in [0, 0.1) is 0 Å². The predicted molar refractivity (Wildman–Crippen MR) is 207 cm³/mol. The molecule has 0 N–H and O–H groups in total. The highest BCUT2D eigenvalue weighted by molar-refractivity contribution is 7.99. The first kappa shape index (κ1) is 31.3. The van der Waals surface area contributed by atoms with Gasteiger partial charge in [-0.05, 0) is 97.2 Å². The lowest BCUT2D eigenvalue weighted by Gasteiger charge is -2.32. The summed E-state index contributed by atoms with van der Waals surface area (Å²) in [6.45, 7) is 0. The molecule has 0 bridgehead atoms. The Balaban J connectivity index is 1.08. The molecular weight excluding hydrogens is 629 g/mol. The van der Waals surface area contributed by atoms with Crippen molar-refractivity contribution >= 4 is 28.8 Å². The highest BCUT2D eigenvalue weighted by atomic mass is 32.2. The van der Waals surface area contributed by atoms with Crippen molar-refractivity contribution in [1.29, 1.82) is 0 Å². The van der Waals surface area contributed by atoms with E-state index in [9.17, 15) is 0 Å². The number of benzene rings is 5. The van der Waals surface area contributed by atoms with Crippen LogP contribution in [0.4, 0.5) is 17.1 Å². The summed E-state index contributed by atoms with van der Waals surface area (Å²) in [6, 6.07) is 44.0. The zero-order valence-electron chi connectivity index (χ0n) is 28.5. The van der Waals surface area contributed by atoms with Gasteiger partial charge in [0, 0.05) is 32.2 Å². The van der Waals surface area contributed by atoms with E-state index in [1.165, 1.54) is 96.5 Å². The fourth-order valence-electron chi connectivity index (χ4n) is 8.19. The van der Waals surface area contributed by atoms with Crippen LogP contribution in [-0.4, -0.2) is 15.0 Å². The van der Waals surface area contributed by atoms with E-state index in [1.54, 1.807) is 0 Å². The second-order valence-electron chi connectivity index (χ2n) is 14.1. The van der Waals surface area contributed by atoms with Crippen LogP contribution in [0.3, 0.4) is 0 Å². The summed E-state index contributed by atoms with van der Waals surface area (Å²) < 4.78 is 0. The van der Waals surface area contributed by atoms with Crippen LogP contribution in [-0.2, 0) is 0 Å². The van der Waals surface area contributed by atoms with Crippen molar-refractivity contribution in [3.8, 4) is 34.2 Å². The summed E-state index contributed by atoms with van der Waals surface area (Å²) >= 11 is 1.83. The van der Waals surface area contributed by atoms with Gasteiger partial charge in [-0.3, -0.25) is 0 Å². The van der Waals surface area contributed by atoms with Gasteiger partial charge in [-0.25, -0.2) is 15.0 Å². The van der Waals surface area contributed by atoms with E-state index >= 15 is 0 Å². The van der Waals surface area contributed by atoms with Gasteiger partial charge in [0.15, 0.2) is 17.5 Å². The molecule has 9 rings (SSSR count). The largest absolute Gasteiger partial charge is 0.308 e. The van der Waals surface area contributed by atoms with Crippen molar-refractivity contribution < 1.29 is 0 Å². The van der Waals surface area contributed by atoms with Crippen LogP contribution in [0.5, 0.6) is 0 Å². The molecular formula is C45H42N4S. The molecule has 0 saturated heterocycles. The molecule has 2 saturated carbocycles. The summed E-state index contributed by atoms with van der Waals surface area (Å²) in [5, 5.41) is 0. The van der Waals surface area contributed by atoms with Gasteiger partial charge in [0.25, 0.3) is 0 Å². The second kappa shape index (κ2) is 13.9. The molecule has 0 unspecified atom stereocenters. The number of aromatic nitrogens is 3. The van der Waals surface area contributed by atoms with Gasteiger partial charge in [0.05, 0.1) is 11.4 Å². The summed E-state index contributed by atoms with van der Waals surface area (Å²) in [6.07, 6.45) is 13.2. The molecule has 3 aliphatic rings. The van der Waals surface area contributed by atoms with Crippen molar-refractivity contribution in [3.63, 3.8) is 0 Å². The third-order valence-electron chi connectivity index (χ3n) is 10.9. The summed E-state index contributed by atoms with van der Waals surface area (Å²) in [5.41, 5.74) is 9.42. The van der Waals surface area contributed by atoms with Crippen molar-refractivity contribution in [2.75, 3.05) is 4.90 Å². The van der Waals surface area contributed by atoms with Gasteiger partial charge >= 0.3 is 0 Å². The van der Waals surface area contributed by atoms with Crippen molar-refractivity contribution in [1.82, 2.24) is 15.0 Å². The van der Waals surface area contributed by atoms with E-state index in [4.69, 9.17) is 15.0 Å². The summed E-state index contributed by atoms with van der Waals surface area (Å²) in [7, 11) is 0. The zero-order valence-corrected chi connectivity index (χ0v) is 29.3. The molecule has 4 nitrogen and oxygen atoms in total. The Morgan fingerprint density at radius 3 is 1.22 bits per heavy atom. The fraction of sp³-hybridized carbons (Fsp3) is 0.267. The number of anilines is 3. The normalized spacial score (nSPS) is 16.5. The quantitative estimate of drug-likeness (QED) is 0.176. The lowest BCUT2D eigenvalue weighted by molar-refractivity contribution is 0.443. The smallest absolute Gasteiger partial charge is 0.164 e. The Kier molecular flexibility index (Phi) is 8.67. The van der Waals surface area contributed by atoms with Crippen LogP contribution in [0.25, 0.3) is 34.2 Å². The number of fused-ring (bicyclic) bond motifs is 2. The molecule has 0 atom stereocenters. The minimum absolute atomic E-state index is 0.668. The third kappa shape index (κ3) is 6.24. The Hall–Kier alpha value is -4.74. The average molecular weight is 671 g/mol. The van der Waals surface area contributed by atoms with E-state index in [1.807, 2.05) is 11.8 Å². The summed E-state index contributed by atoms with van der Waals surface area (Å²) in [4.78, 5) is 20.2. The molecule has 6 aromatic rings. The maximum absolute atomic E-state index is 5.11. The SMILES string of the molecule is c1ccc2c(c1)Sc1ccccc1N2c1ccc(-c2nc(-c3ccc(C4CCCCC4)cc3)nc(-c3ccc(C4CCCCC4)cc3)n2)cc1. The van der Waals surface area contributed by atoms with E-state index in [2.05, 4.69) is 126 Å². The van der Waals surface area contributed by atoms with Crippen LogP contribution >= 0.6 is 11.8 Å². The molecule has 0 radical (unpaired) electrons. The second-order valence-corrected chi connectivity index (χ2v) is 15.2. The predicted octanol–water partition coefficient (Wildman–Crippen LogP) is 12.9. The Labute approximate surface area is 300 Å². The fourth-order valence-corrected chi connectivity index (χ4v) is 9.24. The lowest BCUT2D eigenvalue weighted by Crippen LogP contribution is -2.14. The monoisotopic (exact) mass is 670 g/mol. The highest BCUT2D eigenvalue weighted by Crippen LogP contribution is 2.51. The van der Waals surface area contributed by atoms with Crippen molar-refractivity contribution in [3.05, 3.63) is 132 Å². The topological polar surface area (TPSA) is 41.9 Å². The Bertz CT molecular complexity index is 1970. The first-order valence-corrected chi connectivity index (χ1v) is 19.3. The van der Waals surface area contributed by atoms with Crippen LogP contribution in [0.15, 0.2) is 131 Å². The molecule has 0 amide bonds. The van der Waals surface area contributed by atoms with E-state index < -0.39 is 0 Å². The molecule has 5 heteroatoms. The van der Waals surface area contributed by atoms with Crippen molar-refractivity contribution in [2.24, 2.45) is 0 Å². The minimum Gasteiger partial charge on any atom is -0.308 e. The molecule has 2 heterocycles. The molecule has 1 aliphatic heterocycles. The Morgan fingerprint density at radius 1 is 0.420 bits per heavy atom. The van der Waals surface area contributed by atoms with Crippen LogP contribution in [0.2, 0.25) is 0 Å². The number of hydrogen-bond acceptors (Lipinski definition) is 5. The summed E-state index contributed by atoms with van der Waals surface area (Å²) in [5.74, 6) is 3.47. The van der Waals surface area contributed by atoms with Crippen LogP contribution in [0.1, 0.15) is 87.2 Å². The molecule has 50 heavy (non-hydrogen) atoms. The molecule has 0 spiro atoms. The Morgan fingerprint density at radius 2 is 0.800 bits per heavy atom. The van der Waals surface area contributed by atoms with Gasteiger partial charge < -0.3 is 4.90 Å². The molecule has 2 aliphatic carbocycles. The molecule has 1 aromatic heterocycles. The van der Waals surface area contributed by atoms with Crippen molar-refractivity contribution in [2.45, 2.75) is 85.8 Å². The lowest BCUT2D eigenvalue weighted by atomic mass is 9.84. The zero-order chi connectivity index (χ0) is 33.3. The van der Waals surface area contributed by atoms with Gasteiger partial charge in [-0.1, -0.05) is 123 Å². The number of rotatable bonds is 6. The maximum Gasteiger partial charge on any atom is 0.164 e. The maximum atomic E-state index is 5.11. The molecule has 2 fully saturated rings. The standard InChI is InChI=1S/C45H42N4S/c1-3-11-31(12-4-1)33-19-23-35(24-20-33)43-46-44(36-25-21-34(22-26-36)32-13-5-2-6-14-32)48-45(47-43)37-27-29-38(30-28-37)49-39-15-7-9-17-41(39)50-42-18-10-8-16-40(42)49/h7-10,15-32H,1-6,11-14H2. The molecule has 248 valence electrons. The minimum atomic E-state index is 0.668. The van der Waals surface area contributed by atoms with Gasteiger partial charge in [0.2, 0.25) is 0 Å².